The van der Waals surface area contributed by atoms with Gasteiger partial charge in [0.2, 0.25) is 0 Å². The molecule has 1 saturated heterocycles. The first-order valence-corrected chi connectivity index (χ1v) is 8.37. The maximum Gasteiger partial charge on any atom is 0.274 e. The molecule has 1 fully saturated rings. The Balaban J connectivity index is 1.26. The maximum absolute atomic E-state index is 12.2. The zero-order valence-electron chi connectivity index (χ0n) is 14.1. The van der Waals surface area contributed by atoms with Crippen molar-refractivity contribution >= 4 is 5.91 Å². The minimum atomic E-state index is -0.110. The lowest BCUT2D eigenvalue weighted by Gasteiger charge is -2.38. The monoisotopic (exact) mass is 350 g/mol. The third kappa shape index (κ3) is 3.60. The van der Waals surface area contributed by atoms with Crippen LogP contribution in [0.25, 0.3) is 0 Å². The third-order valence-electron chi connectivity index (χ3n) is 4.23. The number of carbonyl (C=O) groups excluding carboxylic acids is 1. The Morgan fingerprint density at radius 1 is 1.15 bits per heavy atom. The summed E-state index contributed by atoms with van der Waals surface area (Å²) < 4.78 is 7.47. The summed E-state index contributed by atoms with van der Waals surface area (Å²) in [5.41, 5.74) is 2.26. The number of rotatable bonds is 6. The number of benzene rings is 1. The average molecular weight is 350 g/mol. The van der Waals surface area contributed by atoms with Crippen LogP contribution in [-0.4, -0.2) is 48.9 Å². The van der Waals surface area contributed by atoms with Crippen molar-refractivity contribution in [2.24, 2.45) is 0 Å². The highest BCUT2D eigenvalue weighted by atomic mass is 16.5. The minimum absolute atomic E-state index is 0.110. The first kappa shape index (κ1) is 16.3. The van der Waals surface area contributed by atoms with Crippen molar-refractivity contribution < 1.29 is 9.53 Å². The molecule has 0 spiro atoms. The molecule has 1 amide bonds. The molecule has 0 saturated carbocycles. The van der Waals surface area contributed by atoms with E-state index in [0.717, 1.165) is 11.3 Å². The molecule has 1 aromatic carbocycles. The second-order valence-corrected chi connectivity index (χ2v) is 6.12. The van der Waals surface area contributed by atoms with Crippen LogP contribution in [0.3, 0.4) is 0 Å². The number of hydrogen-bond acceptors (Lipinski definition) is 6. The van der Waals surface area contributed by atoms with Gasteiger partial charge >= 0.3 is 0 Å². The van der Waals surface area contributed by atoms with Gasteiger partial charge in [0, 0.05) is 25.5 Å². The van der Waals surface area contributed by atoms with Crippen LogP contribution >= 0.6 is 0 Å². The third-order valence-corrected chi connectivity index (χ3v) is 4.23. The van der Waals surface area contributed by atoms with Gasteiger partial charge in [-0.25, -0.2) is 9.67 Å². The summed E-state index contributed by atoms with van der Waals surface area (Å²) in [6.45, 7) is 2.12. The fraction of sp³-hybridized carbons (Fsp3) is 0.278. The SMILES string of the molecule is O=C(c1cnccn1)N1CC(n2cc(COCc3ccccc3)nn2)C1. The van der Waals surface area contributed by atoms with Gasteiger partial charge in [-0.3, -0.25) is 9.78 Å². The number of amides is 1. The fourth-order valence-corrected chi connectivity index (χ4v) is 2.77. The Morgan fingerprint density at radius 2 is 2.00 bits per heavy atom. The highest BCUT2D eigenvalue weighted by molar-refractivity contribution is 5.92. The molecule has 0 N–H and O–H groups in total. The standard InChI is InChI=1S/C18H18N6O2/c25-18(17-8-19-6-7-20-17)23-10-16(11-23)24-9-15(21-22-24)13-26-12-14-4-2-1-3-5-14/h1-9,16H,10-13H2. The van der Waals surface area contributed by atoms with Crippen molar-refractivity contribution in [3.63, 3.8) is 0 Å². The Morgan fingerprint density at radius 3 is 2.77 bits per heavy atom. The number of likely N-dealkylation sites (tertiary alicyclic amines) is 1. The summed E-state index contributed by atoms with van der Waals surface area (Å²) in [5, 5.41) is 8.29. The topological polar surface area (TPSA) is 86.0 Å². The molecule has 132 valence electrons. The van der Waals surface area contributed by atoms with Crippen LogP contribution in [-0.2, 0) is 18.0 Å². The second kappa shape index (κ2) is 7.40. The predicted octanol–water partition coefficient (Wildman–Crippen LogP) is 1.48. The Hall–Kier alpha value is -3.13. The summed E-state index contributed by atoms with van der Waals surface area (Å²) >= 11 is 0. The van der Waals surface area contributed by atoms with Crippen LogP contribution in [0.15, 0.2) is 55.1 Å². The molecule has 26 heavy (non-hydrogen) atoms. The van der Waals surface area contributed by atoms with Gasteiger partial charge in [-0.2, -0.15) is 0 Å². The lowest BCUT2D eigenvalue weighted by atomic mass is 10.1. The van der Waals surface area contributed by atoms with Gasteiger partial charge in [0.1, 0.15) is 11.4 Å². The van der Waals surface area contributed by atoms with Gasteiger partial charge in [0.05, 0.1) is 31.6 Å². The maximum atomic E-state index is 12.2. The lowest BCUT2D eigenvalue weighted by molar-refractivity contribution is 0.0491. The minimum Gasteiger partial charge on any atom is -0.370 e. The second-order valence-electron chi connectivity index (χ2n) is 6.12. The molecule has 4 rings (SSSR count). The van der Waals surface area contributed by atoms with Crippen molar-refractivity contribution in [2.75, 3.05) is 13.1 Å². The first-order valence-electron chi connectivity index (χ1n) is 8.37. The molecule has 0 unspecified atom stereocenters. The van der Waals surface area contributed by atoms with Gasteiger partial charge in [-0.05, 0) is 5.56 Å². The van der Waals surface area contributed by atoms with Gasteiger partial charge in [0.15, 0.2) is 0 Å². The van der Waals surface area contributed by atoms with Crippen LogP contribution in [0.4, 0.5) is 0 Å². The van der Waals surface area contributed by atoms with E-state index in [1.807, 2.05) is 36.5 Å². The van der Waals surface area contributed by atoms with Crippen LogP contribution in [0.2, 0.25) is 0 Å². The molecule has 1 aliphatic heterocycles. The van der Waals surface area contributed by atoms with E-state index in [-0.39, 0.29) is 11.9 Å². The molecular formula is C18H18N6O2. The van der Waals surface area contributed by atoms with Gasteiger partial charge < -0.3 is 9.64 Å². The molecule has 8 nitrogen and oxygen atoms in total. The molecule has 3 heterocycles. The number of nitrogens with zero attached hydrogens (tertiary/aromatic N) is 6. The predicted molar refractivity (Wildman–Crippen MR) is 91.9 cm³/mol. The summed E-state index contributed by atoms with van der Waals surface area (Å²) in [6.07, 6.45) is 6.42. The molecule has 0 aliphatic carbocycles. The summed E-state index contributed by atoms with van der Waals surface area (Å²) in [4.78, 5) is 21.9. The zero-order valence-corrected chi connectivity index (χ0v) is 14.1. The van der Waals surface area contributed by atoms with Crippen LogP contribution in [0.5, 0.6) is 0 Å². The quantitative estimate of drug-likeness (QED) is 0.669. The van der Waals surface area contributed by atoms with Crippen molar-refractivity contribution in [1.29, 1.82) is 0 Å². The van der Waals surface area contributed by atoms with Gasteiger partial charge in [0.25, 0.3) is 5.91 Å². The number of aromatic nitrogens is 5. The molecule has 3 aromatic rings. The van der Waals surface area contributed by atoms with E-state index in [2.05, 4.69) is 20.3 Å². The van der Waals surface area contributed by atoms with E-state index in [0.29, 0.717) is 32.0 Å². The van der Waals surface area contributed by atoms with Gasteiger partial charge in [-0.1, -0.05) is 35.5 Å². The number of hydrogen-bond donors (Lipinski definition) is 0. The highest BCUT2D eigenvalue weighted by Gasteiger charge is 2.33. The largest absolute Gasteiger partial charge is 0.370 e. The average Bonchev–Trinajstić information content (AvgIpc) is 3.10. The zero-order chi connectivity index (χ0) is 17.8. The molecule has 2 aromatic heterocycles. The first-order chi connectivity index (χ1) is 12.8. The Labute approximate surface area is 150 Å². The lowest BCUT2D eigenvalue weighted by Crippen LogP contribution is -2.51. The molecule has 0 radical (unpaired) electrons. The van der Waals surface area contributed by atoms with Crippen molar-refractivity contribution in [1.82, 2.24) is 29.9 Å². The molecule has 8 heteroatoms. The smallest absolute Gasteiger partial charge is 0.274 e. The summed E-state index contributed by atoms with van der Waals surface area (Å²) in [7, 11) is 0. The molecular weight excluding hydrogens is 332 g/mol. The van der Waals surface area contributed by atoms with E-state index < -0.39 is 0 Å². The fourth-order valence-electron chi connectivity index (χ4n) is 2.77. The normalized spacial score (nSPS) is 14.2. The van der Waals surface area contributed by atoms with Crippen molar-refractivity contribution in [3.05, 3.63) is 72.1 Å². The van der Waals surface area contributed by atoms with Crippen LogP contribution < -0.4 is 0 Å². The summed E-state index contributed by atoms with van der Waals surface area (Å²) in [5.74, 6) is -0.110. The van der Waals surface area contributed by atoms with Crippen molar-refractivity contribution in [3.8, 4) is 0 Å². The molecule has 1 aliphatic rings. The molecule has 0 atom stereocenters. The molecule has 0 bridgehead atoms. The summed E-state index contributed by atoms with van der Waals surface area (Å²) in [6, 6.07) is 10.1. The number of ether oxygens (including phenoxy) is 1. The van der Waals surface area contributed by atoms with Crippen LogP contribution in [0, 0.1) is 0 Å². The van der Waals surface area contributed by atoms with Crippen LogP contribution in [0.1, 0.15) is 27.8 Å². The van der Waals surface area contributed by atoms with Crippen molar-refractivity contribution in [2.45, 2.75) is 19.3 Å². The van der Waals surface area contributed by atoms with E-state index in [9.17, 15) is 4.79 Å². The van der Waals surface area contributed by atoms with E-state index in [1.54, 1.807) is 15.8 Å². The van der Waals surface area contributed by atoms with E-state index in [4.69, 9.17) is 4.74 Å². The van der Waals surface area contributed by atoms with E-state index >= 15 is 0 Å². The number of carbonyl (C=O) groups is 1. The Kier molecular flexibility index (Phi) is 4.65. The van der Waals surface area contributed by atoms with Gasteiger partial charge in [-0.15, -0.1) is 5.10 Å². The highest BCUT2D eigenvalue weighted by Crippen LogP contribution is 2.22. The Bertz CT molecular complexity index is 862. The van der Waals surface area contributed by atoms with E-state index in [1.165, 1.54) is 12.4 Å².